The number of aryl methyl sites for hydroxylation is 1. The number of likely N-dealkylation sites (tertiary alicyclic amines) is 2. The summed E-state index contributed by atoms with van der Waals surface area (Å²) in [7, 11) is 5.22. The molecule has 0 aliphatic carbocycles. The molecule has 0 bridgehead atoms. The highest BCUT2D eigenvalue weighted by molar-refractivity contribution is 5.94. The highest BCUT2D eigenvalue weighted by Crippen LogP contribution is 2.43. The molecule has 1 spiro atoms. The summed E-state index contributed by atoms with van der Waals surface area (Å²) < 4.78 is 13.4. The number of hydrogen-bond acceptors (Lipinski definition) is 6. The second-order valence-electron chi connectivity index (χ2n) is 10.5. The van der Waals surface area contributed by atoms with Crippen molar-refractivity contribution in [1.29, 1.82) is 0 Å². The van der Waals surface area contributed by atoms with Crippen molar-refractivity contribution in [2.75, 3.05) is 40.4 Å². The molecular weight excluding hydrogens is 428 g/mol. The highest BCUT2D eigenvalue weighted by Gasteiger charge is 2.45. The maximum Gasteiger partial charge on any atom is 0.256 e. The predicted molar refractivity (Wildman–Crippen MR) is 135 cm³/mol. The minimum absolute atomic E-state index is 0.0117. The molecule has 7 nitrogen and oxygen atoms in total. The molecule has 0 saturated carbocycles. The molecule has 182 valence electrons. The average molecular weight is 465 g/mol. The zero-order valence-corrected chi connectivity index (χ0v) is 21.1. The topological polar surface area (TPSA) is 59.3 Å². The number of fused-ring (bicyclic) bond motifs is 1. The van der Waals surface area contributed by atoms with Crippen LogP contribution in [0.4, 0.5) is 0 Å². The molecule has 0 atom stereocenters. The number of aliphatic imine (C=N–C) groups is 1. The van der Waals surface area contributed by atoms with Crippen molar-refractivity contribution in [3.63, 3.8) is 0 Å². The fourth-order valence-corrected chi connectivity index (χ4v) is 5.77. The van der Waals surface area contributed by atoms with Crippen molar-refractivity contribution in [1.82, 2.24) is 14.4 Å². The average Bonchev–Trinajstić information content (AvgIpc) is 3.30. The van der Waals surface area contributed by atoms with Crippen LogP contribution >= 0.6 is 0 Å². The first-order chi connectivity index (χ1) is 16.3. The van der Waals surface area contributed by atoms with E-state index in [1.807, 2.05) is 12.4 Å². The van der Waals surface area contributed by atoms with Crippen molar-refractivity contribution >= 4 is 6.21 Å². The molecule has 0 amide bonds. The minimum atomic E-state index is 0.0117. The monoisotopic (exact) mass is 464 g/mol. The molecule has 0 N–H and O–H groups in total. The van der Waals surface area contributed by atoms with E-state index in [2.05, 4.69) is 40.8 Å². The minimum Gasteiger partial charge on any atom is -0.496 e. The maximum absolute atomic E-state index is 12.5. The highest BCUT2D eigenvalue weighted by atomic mass is 16.5. The number of benzene rings is 1. The lowest BCUT2D eigenvalue weighted by atomic mass is 9.71. The predicted octanol–water partition coefficient (Wildman–Crippen LogP) is 3.31. The lowest BCUT2D eigenvalue weighted by Gasteiger charge is -2.55. The number of aromatic nitrogens is 1. The fraction of sp³-hybridized carbons (Fsp3) is 0.556. The molecular formula is C27H36N4O3. The molecule has 3 aliphatic rings. The summed E-state index contributed by atoms with van der Waals surface area (Å²) in [5.74, 6) is 1.64. The van der Waals surface area contributed by atoms with Crippen LogP contribution in [0, 0.1) is 5.41 Å². The van der Waals surface area contributed by atoms with Gasteiger partial charge in [0.1, 0.15) is 11.5 Å². The summed E-state index contributed by atoms with van der Waals surface area (Å²) >= 11 is 0. The van der Waals surface area contributed by atoms with Gasteiger partial charge >= 0.3 is 0 Å². The lowest BCUT2D eigenvalue weighted by molar-refractivity contribution is -0.0634. The third kappa shape index (κ3) is 3.95. The van der Waals surface area contributed by atoms with E-state index in [0.29, 0.717) is 18.0 Å². The Bertz CT molecular complexity index is 1140. The Morgan fingerprint density at radius 3 is 2.32 bits per heavy atom. The van der Waals surface area contributed by atoms with Gasteiger partial charge in [0, 0.05) is 61.8 Å². The van der Waals surface area contributed by atoms with Crippen LogP contribution < -0.4 is 15.0 Å². The van der Waals surface area contributed by atoms with Gasteiger partial charge in [-0.25, -0.2) is 0 Å². The smallest absolute Gasteiger partial charge is 0.256 e. The summed E-state index contributed by atoms with van der Waals surface area (Å²) in [5.41, 5.74) is 5.20. The van der Waals surface area contributed by atoms with Gasteiger partial charge in [0.15, 0.2) is 0 Å². The second-order valence-corrected chi connectivity index (χ2v) is 10.5. The lowest BCUT2D eigenvalue weighted by Crippen LogP contribution is -2.61. The first kappa shape index (κ1) is 23.1. The first-order valence-electron chi connectivity index (χ1n) is 12.3. The molecule has 2 saturated heterocycles. The van der Waals surface area contributed by atoms with E-state index in [4.69, 9.17) is 9.47 Å². The van der Waals surface area contributed by atoms with Gasteiger partial charge in [0.2, 0.25) is 0 Å². The van der Waals surface area contributed by atoms with E-state index < -0.39 is 0 Å². The third-order valence-electron chi connectivity index (χ3n) is 8.01. The van der Waals surface area contributed by atoms with E-state index in [9.17, 15) is 4.79 Å². The first-order valence-corrected chi connectivity index (χ1v) is 12.3. The molecule has 0 radical (unpaired) electrons. The number of nitrogens with zero attached hydrogens (tertiary/aromatic N) is 4. The Morgan fingerprint density at radius 2 is 1.74 bits per heavy atom. The molecule has 2 fully saturated rings. The summed E-state index contributed by atoms with van der Waals surface area (Å²) in [6.45, 7) is 10.5. The van der Waals surface area contributed by atoms with Crippen LogP contribution in [0.3, 0.4) is 0 Å². The summed E-state index contributed by atoms with van der Waals surface area (Å²) in [5, 5.41) is 0. The van der Waals surface area contributed by atoms with Crippen molar-refractivity contribution < 1.29 is 9.47 Å². The van der Waals surface area contributed by atoms with Crippen molar-refractivity contribution in [2.45, 2.75) is 45.8 Å². The number of pyridine rings is 1. The van der Waals surface area contributed by atoms with E-state index in [-0.39, 0.29) is 5.56 Å². The largest absolute Gasteiger partial charge is 0.496 e. The number of piperidine rings is 1. The zero-order valence-electron chi connectivity index (χ0n) is 21.1. The Morgan fingerprint density at radius 1 is 1.09 bits per heavy atom. The molecule has 0 unspecified atom stereocenters. The molecule has 3 aliphatic heterocycles. The van der Waals surface area contributed by atoms with Gasteiger partial charge in [-0.2, -0.15) is 0 Å². The van der Waals surface area contributed by atoms with Crippen molar-refractivity contribution in [2.24, 2.45) is 17.5 Å². The van der Waals surface area contributed by atoms with Gasteiger partial charge in [0.25, 0.3) is 5.56 Å². The molecule has 5 rings (SSSR count). The van der Waals surface area contributed by atoms with Gasteiger partial charge < -0.3 is 14.0 Å². The van der Waals surface area contributed by atoms with Gasteiger partial charge in [-0.3, -0.25) is 19.6 Å². The van der Waals surface area contributed by atoms with Gasteiger partial charge in [-0.15, -0.1) is 0 Å². The number of methoxy groups -OCH3 is 2. The summed E-state index contributed by atoms with van der Waals surface area (Å²) in [6, 6.07) is 4.79. The van der Waals surface area contributed by atoms with E-state index in [1.165, 1.54) is 25.9 Å². The molecule has 1 aromatic heterocycles. The quantitative estimate of drug-likeness (QED) is 0.657. The number of rotatable bonds is 6. The fourth-order valence-electron chi connectivity index (χ4n) is 5.77. The Kier molecular flexibility index (Phi) is 6.02. The van der Waals surface area contributed by atoms with Gasteiger partial charge in [0.05, 0.1) is 26.3 Å². The standard InChI is InChI=1S/C27H36N4O3/c1-18(2)31-16-27(17-31)6-8-30(9-7-27)15-23-24(33-4)10-19(11-25(23)34-5)22-14-29(3)26(32)21-13-28-12-20(21)22/h10-12,14,18H,6-9,13,15-17H2,1-5H3. The third-order valence-corrected chi connectivity index (χ3v) is 8.01. The van der Waals surface area contributed by atoms with Crippen LogP contribution in [0.5, 0.6) is 11.5 Å². The van der Waals surface area contributed by atoms with Crippen molar-refractivity contribution in [3.8, 4) is 22.6 Å². The van der Waals surface area contributed by atoms with E-state index >= 15 is 0 Å². The van der Waals surface area contributed by atoms with Gasteiger partial charge in [-0.05, 0) is 62.9 Å². The van der Waals surface area contributed by atoms with Crippen LogP contribution in [-0.2, 0) is 20.1 Å². The Labute approximate surface area is 202 Å². The Hall–Kier alpha value is -2.64. The normalized spacial score (nSPS) is 19.5. The maximum atomic E-state index is 12.5. The molecule has 7 heteroatoms. The number of hydrogen-bond donors (Lipinski definition) is 0. The van der Waals surface area contributed by atoms with Crippen LogP contribution in [-0.4, -0.2) is 67.0 Å². The van der Waals surface area contributed by atoms with Crippen LogP contribution in [0.1, 0.15) is 43.4 Å². The molecule has 34 heavy (non-hydrogen) atoms. The van der Waals surface area contributed by atoms with Crippen molar-refractivity contribution in [3.05, 3.63) is 45.4 Å². The van der Waals surface area contributed by atoms with Gasteiger partial charge in [-0.1, -0.05) is 0 Å². The SMILES string of the molecule is COc1cc(-c2cn(C)c(=O)c3c2C=NC3)cc(OC)c1CN1CCC2(CC1)CN(C(C)C)C2. The van der Waals surface area contributed by atoms with Crippen LogP contribution in [0.25, 0.3) is 11.1 Å². The molecule has 4 heterocycles. The van der Waals surface area contributed by atoms with E-state index in [0.717, 1.165) is 59.0 Å². The zero-order chi connectivity index (χ0) is 24.0. The Balaban J connectivity index is 1.39. The second kappa shape index (κ2) is 8.86. The number of ether oxygens (including phenoxy) is 2. The van der Waals surface area contributed by atoms with Crippen LogP contribution in [0.2, 0.25) is 0 Å². The summed E-state index contributed by atoms with van der Waals surface area (Å²) in [6.07, 6.45) is 6.20. The van der Waals surface area contributed by atoms with Crippen LogP contribution in [0.15, 0.2) is 28.1 Å². The molecule has 2 aromatic rings. The molecule has 1 aromatic carbocycles. The summed E-state index contributed by atoms with van der Waals surface area (Å²) in [4.78, 5) is 22.0. The van der Waals surface area contributed by atoms with E-state index in [1.54, 1.807) is 25.8 Å².